The Labute approximate surface area is 234 Å². The summed E-state index contributed by atoms with van der Waals surface area (Å²) in [4.78, 5) is 28.2. The van der Waals surface area contributed by atoms with Crippen molar-refractivity contribution in [2.24, 2.45) is 0 Å². The van der Waals surface area contributed by atoms with Crippen LogP contribution in [0.25, 0.3) is 0 Å². The predicted molar refractivity (Wildman–Crippen MR) is 154 cm³/mol. The Bertz CT molecular complexity index is 1170. The lowest BCUT2D eigenvalue weighted by Crippen LogP contribution is -2.50. The van der Waals surface area contributed by atoms with Crippen LogP contribution in [0.4, 0.5) is 5.69 Å². The van der Waals surface area contributed by atoms with Gasteiger partial charge in [0.15, 0.2) is 0 Å². The second-order valence-electron chi connectivity index (χ2n) is 9.80. The number of ether oxygens (including phenoxy) is 1. The molecule has 0 aromatic heterocycles. The van der Waals surface area contributed by atoms with E-state index in [4.69, 9.17) is 4.74 Å². The van der Waals surface area contributed by atoms with Gasteiger partial charge in [0.25, 0.3) is 0 Å². The molecule has 0 spiro atoms. The zero-order valence-corrected chi connectivity index (χ0v) is 24.8. The molecule has 208 valence electrons. The van der Waals surface area contributed by atoms with Crippen molar-refractivity contribution < 1.29 is 22.7 Å². The summed E-state index contributed by atoms with van der Waals surface area (Å²) in [5, 5.41) is 3.14. The number of carbonyl (C=O) groups is 2. The minimum atomic E-state index is -3.56. The van der Waals surface area contributed by atoms with Gasteiger partial charge in [0, 0.05) is 30.0 Å². The third-order valence-electron chi connectivity index (χ3n) is 6.90. The molecular weight excluding hydrogens is 570 g/mol. The van der Waals surface area contributed by atoms with Crippen molar-refractivity contribution in [3.8, 4) is 5.75 Å². The summed E-state index contributed by atoms with van der Waals surface area (Å²) in [5.74, 6) is 0.280. The molecule has 1 aliphatic carbocycles. The first kappa shape index (κ1) is 30.0. The molecule has 38 heavy (non-hydrogen) atoms. The van der Waals surface area contributed by atoms with Gasteiger partial charge in [-0.3, -0.25) is 13.9 Å². The molecule has 8 nitrogen and oxygen atoms in total. The van der Waals surface area contributed by atoms with Gasteiger partial charge in [-0.1, -0.05) is 47.3 Å². The Kier molecular flexibility index (Phi) is 11.0. The number of amides is 2. The number of benzene rings is 2. The van der Waals surface area contributed by atoms with E-state index in [2.05, 4.69) is 21.2 Å². The fraction of sp³-hybridized carbons (Fsp3) is 0.500. The second kappa shape index (κ2) is 14.0. The summed E-state index contributed by atoms with van der Waals surface area (Å²) in [6.45, 7) is 2.19. The third kappa shape index (κ3) is 8.73. The van der Waals surface area contributed by atoms with Gasteiger partial charge in [0.1, 0.15) is 11.8 Å². The summed E-state index contributed by atoms with van der Waals surface area (Å²) < 4.78 is 32.4. The van der Waals surface area contributed by atoms with E-state index in [1.165, 1.54) is 10.7 Å². The number of carbonyl (C=O) groups excluding carboxylic acids is 2. The van der Waals surface area contributed by atoms with Gasteiger partial charge in [-0.15, -0.1) is 0 Å². The molecule has 3 rings (SSSR count). The third-order valence-corrected chi connectivity index (χ3v) is 8.62. The van der Waals surface area contributed by atoms with E-state index in [-0.39, 0.29) is 30.8 Å². The first-order chi connectivity index (χ1) is 18.1. The molecule has 1 fully saturated rings. The molecule has 1 atom stereocenters. The largest absolute Gasteiger partial charge is 0.497 e. The molecule has 2 aromatic rings. The highest BCUT2D eigenvalue weighted by Gasteiger charge is 2.28. The lowest BCUT2D eigenvalue weighted by Gasteiger charge is -2.31. The molecule has 1 saturated carbocycles. The molecule has 1 unspecified atom stereocenters. The molecule has 0 bridgehead atoms. The predicted octanol–water partition coefficient (Wildman–Crippen LogP) is 4.87. The van der Waals surface area contributed by atoms with Gasteiger partial charge >= 0.3 is 0 Å². The number of methoxy groups -OCH3 is 1. The molecule has 0 heterocycles. The Balaban J connectivity index is 1.70. The summed E-state index contributed by atoms with van der Waals surface area (Å²) in [5.41, 5.74) is 1.42. The minimum absolute atomic E-state index is 0.111. The van der Waals surface area contributed by atoms with Crippen molar-refractivity contribution in [1.82, 2.24) is 10.2 Å². The van der Waals surface area contributed by atoms with Gasteiger partial charge in [0.2, 0.25) is 21.8 Å². The van der Waals surface area contributed by atoms with Crippen molar-refractivity contribution in [2.75, 3.05) is 24.2 Å². The normalized spacial score (nSPS) is 14.9. The molecular formula is C28H38BrN3O5S. The van der Waals surface area contributed by atoms with Crippen molar-refractivity contribution in [1.29, 1.82) is 0 Å². The van der Waals surface area contributed by atoms with Crippen LogP contribution in [0.2, 0.25) is 0 Å². The molecule has 1 N–H and O–H groups in total. The molecule has 10 heteroatoms. The number of halogens is 1. The second-order valence-corrected chi connectivity index (χ2v) is 12.6. The van der Waals surface area contributed by atoms with Crippen LogP contribution in [-0.4, -0.2) is 57.1 Å². The first-order valence-corrected chi connectivity index (χ1v) is 15.7. The lowest BCUT2D eigenvalue weighted by molar-refractivity contribution is -0.141. The maximum atomic E-state index is 13.5. The number of hydrogen-bond acceptors (Lipinski definition) is 5. The lowest BCUT2D eigenvalue weighted by atomic mass is 9.95. The standard InChI is InChI=1S/C28H38BrN3O5S/c1-21(28(34)30-24-8-5-4-6-9-24)31(20-22-11-13-23(29)14-12-22)27(33)10-7-19-32(38(3,35)36)25-15-17-26(37-2)18-16-25/h11-18,21,24H,4-10,19-20H2,1-3H3,(H,30,34). The average molecular weight is 609 g/mol. The quantitative estimate of drug-likeness (QED) is 0.371. The molecule has 2 amide bonds. The number of nitrogens with one attached hydrogen (secondary N) is 1. The number of hydrogen-bond donors (Lipinski definition) is 1. The van der Waals surface area contributed by atoms with Crippen LogP contribution in [0.5, 0.6) is 5.75 Å². The van der Waals surface area contributed by atoms with Crippen molar-refractivity contribution in [3.63, 3.8) is 0 Å². The highest BCUT2D eigenvalue weighted by molar-refractivity contribution is 9.10. The van der Waals surface area contributed by atoms with Crippen LogP contribution in [0.3, 0.4) is 0 Å². The van der Waals surface area contributed by atoms with E-state index in [9.17, 15) is 18.0 Å². The average Bonchev–Trinajstić information content (AvgIpc) is 2.90. The maximum Gasteiger partial charge on any atom is 0.242 e. The number of anilines is 1. The first-order valence-electron chi connectivity index (χ1n) is 13.0. The van der Waals surface area contributed by atoms with Crippen molar-refractivity contribution >= 4 is 43.5 Å². The van der Waals surface area contributed by atoms with Gasteiger partial charge in [-0.05, 0) is 68.1 Å². The summed E-state index contributed by atoms with van der Waals surface area (Å²) in [6.07, 6.45) is 6.90. The van der Waals surface area contributed by atoms with E-state index >= 15 is 0 Å². The summed E-state index contributed by atoms with van der Waals surface area (Å²) >= 11 is 3.43. The monoisotopic (exact) mass is 607 g/mol. The highest BCUT2D eigenvalue weighted by atomic mass is 79.9. The minimum Gasteiger partial charge on any atom is -0.497 e. The van der Waals surface area contributed by atoms with E-state index in [1.807, 2.05) is 24.3 Å². The molecule has 1 aliphatic rings. The van der Waals surface area contributed by atoms with Crippen molar-refractivity contribution in [2.45, 2.75) is 70.5 Å². The number of sulfonamides is 1. The van der Waals surface area contributed by atoms with Crippen LogP contribution in [-0.2, 0) is 26.2 Å². The molecule has 0 radical (unpaired) electrons. The van der Waals surface area contributed by atoms with E-state index in [0.29, 0.717) is 24.4 Å². The highest BCUT2D eigenvalue weighted by Crippen LogP contribution is 2.23. The fourth-order valence-corrected chi connectivity index (χ4v) is 5.92. The number of rotatable bonds is 12. The topological polar surface area (TPSA) is 96.0 Å². The van der Waals surface area contributed by atoms with Gasteiger partial charge in [-0.25, -0.2) is 8.42 Å². The van der Waals surface area contributed by atoms with Crippen LogP contribution in [0.15, 0.2) is 53.0 Å². The maximum absolute atomic E-state index is 13.5. The van der Waals surface area contributed by atoms with Gasteiger partial charge in [-0.2, -0.15) is 0 Å². The van der Waals surface area contributed by atoms with E-state index in [0.717, 1.165) is 42.0 Å². The van der Waals surface area contributed by atoms with Gasteiger partial charge in [0.05, 0.1) is 19.1 Å². The fourth-order valence-electron chi connectivity index (χ4n) is 4.69. The zero-order chi connectivity index (χ0) is 27.7. The molecule has 0 saturated heterocycles. The SMILES string of the molecule is COc1ccc(N(CCCC(=O)N(Cc2ccc(Br)cc2)C(C)C(=O)NC2CCCCC2)S(C)(=O)=O)cc1. The summed E-state index contributed by atoms with van der Waals surface area (Å²) in [7, 11) is -2.01. The van der Waals surface area contributed by atoms with Gasteiger partial charge < -0.3 is 15.0 Å². The van der Waals surface area contributed by atoms with Crippen LogP contribution < -0.4 is 14.4 Å². The van der Waals surface area contributed by atoms with Crippen LogP contribution in [0, 0.1) is 0 Å². The summed E-state index contributed by atoms with van der Waals surface area (Å²) in [6, 6.07) is 13.9. The van der Waals surface area contributed by atoms with Crippen LogP contribution >= 0.6 is 15.9 Å². The Morgan fingerprint density at radius 2 is 1.68 bits per heavy atom. The van der Waals surface area contributed by atoms with E-state index in [1.54, 1.807) is 43.2 Å². The smallest absolute Gasteiger partial charge is 0.242 e. The number of nitrogens with zero attached hydrogens (tertiary/aromatic N) is 2. The zero-order valence-electron chi connectivity index (χ0n) is 22.4. The van der Waals surface area contributed by atoms with Crippen LogP contribution in [0.1, 0.15) is 57.4 Å². The molecule has 2 aromatic carbocycles. The van der Waals surface area contributed by atoms with E-state index < -0.39 is 16.1 Å². The Hall–Kier alpha value is -2.59. The Morgan fingerprint density at radius 1 is 1.05 bits per heavy atom. The molecule has 0 aliphatic heterocycles. The Morgan fingerprint density at radius 3 is 2.26 bits per heavy atom. The van der Waals surface area contributed by atoms with Crippen molar-refractivity contribution in [3.05, 3.63) is 58.6 Å².